The number of hydrogen-bond acceptors (Lipinski definition) is 2. The predicted molar refractivity (Wildman–Crippen MR) is 42.5 cm³/mol. The molecule has 0 aliphatic rings. The molecular formula is C4H11Cl2F3N2. The highest BCUT2D eigenvalue weighted by molar-refractivity contribution is 5.85. The lowest BCUT2D eigenvalue weighted by atomic mass is 10.3. The van der Waals surface area contributed by atoms with Crippen LogP contribution in [0.2, 0.25) is 0 Å². The number of alkyl halides is 3. The van der Waals surface area contributed by atoms with Crippen LogP contribution in [0.25, 0.3) is 0 Å². The number of nitrogens with two attached hydrogens (primary N) is 1. The Bertz CT molecular complexity index is 87.9. The van der Waals surface area contributed by atoms with Crippen LogP contribution in [0.1, 0.15) is 0 Å². The molecule has 0 spiro atoms. The largest absolute Gasteiger partial charge is 0.404 e. The smallest absolute Gasteiger partial charge is 0.319 e. The highest BCUT2D eigenvalue weighted by Gasteiger charge is 2.35. The average Bonchev–Trinajstić information content (AvgIpc) is 1.64. The fourth-order valence-corrected chi connectivity index (χ4v) is 0.336. The predicted octanol–water partition coefficient (Wildman–Crippen LogP) is 0.939. The first kappa shape index (κ1) is 17.4. The van der Waals surface area contributed by atoms with E-state index in [9.17, 15) is 13.2 Å². The molecule has 3 N–H and O–H groups in total. The second-order valence-corrected chi connectivity index (χ2v) is 1.71. The monoisotopic (exact) mass is 214 g/mol. The van der Waals surface area contributed by atoms with Gasteiger partial charge in [0.2, 0.25) is 0 Å². The molecule has 0 saturated carbocycles. The number of hydrogen-bond donors (Lipinski definition) is 2. The lowest BCUT2D eigenvalue weighted by Gasteiger charge is -2.13. The third-order valence-electron chi connectivity index (χ3n) is 0.844. The maximum Gasteiger partial charge on any atom is 0.404 e. The average molecular weight is 215 g/mol. The molecule has 0 radical (unpaired) electrons. The van der Waals surface area contributed by atoms with E-state index in [2.05, 4.69) is 11.1 Å². The van der Waals surface area contributed by atoms with Gasteiger partial charge in [-0.25, -0.2) is 0 Å². The molecule has 11 heavy (non-hydrogen) atoms. The molecule has 0 aromatic heterocycles. The molecule has 72 valence electrons. The lowest BCUT2D eigenvalue weighted by molar-refractivity contribution is -0.146. The van der Waals surface area contributed by atoms with Crippen LogP contribution in [-0.4, -0.2) is 25.8 Å². The number of halogens is 5. The van der Waals surface area contributed by atoms with Gasteiger partial charge in [-0.2, -0.15) is 13.2 Å². The Kier molecular flexibility index (Phi) is 11.0. The Hall–Kier alpha value is 0.290. The Morgan fingerprint density at radius 1 is 1.36 bits per heavy atom. The minimum absolute atomic E-state index is 0. The SMILES string of the molecule is CNCC(N)C(F)(F)F.Cl.Cl. The van der Waals surface area contributed by atoms with Crippen LogP contribution >= 0.6 is 24.8 Å². The molecule has 0 saturated heterocycles. The van der Waals surface area contributed by atoms with Crippen LogP contribution in [0, 0.1) is 0 Å². The van der Waals surface area contributed by atoms with Crippen molar-refractivity contribution in [2.75, 3.05) is 13.6 Å². The van der Waals surface area contributed by atoms with Gasteiger partial charge >= 0.3 is 6.18 Å². The Balaban J connectivity index is -0.000000320. The van der Waals surface area contributed by atoms with E-state index in [-0.39, 0.29) is 31.4 Å². The van der Waals surface area contributed by atoms with E-state index < -0.39 is 12.2 Å². The van der Waals surface area contributed by atoms with Crippen molar-refractivity contribution < 1.29 is 13.2 Å². The van der Waals surface area contributed by atoms with Gasteiger partial charge in [0, 0.05) is 6.54 Å². The van der Waals surface area contributed by atoms with Crippen molar-refractivity contribution in [1.82, 2.24) is 5.32 Å². The molecule has 0 aromatic carbocycles. The minimum atomic E-state index is -4.27. The normalized spacial score (nSPS) is 12.8. The molecule has 1 unspecified atom stereocenters. The van der Waals surface area contributed by atoms with E-state index in [1.807, 2.05) is 0 Å². The van der Waals surface area contributed by atoms with E-state index in [0.29, 0.717) is 0 Å². The van der Waals surface area contributed by atoms with Crippen LogP contribution < -0.4 is 11.1 Å². The van der Waals surface area contributed by atoms with Gasteiger partial charge in [-0.3, -0.25) is 0 Å². The molecular weight excluding hydrogens is 204 g/mol. The van der Waals surface area contributed by atoms with Gasteiger partial charge in [0.1, 0.15) is 6.04 Å². The maximum absolute atomic E-state index is 11.5. The summed E-state index contributed by atoms with van der Waals surface area (Å²) < 4.78 is 34.4. The number of rotatable bonds is 2. The van der Waals surface area contributed by atoms with Gasteiger partial charge in [-0.1, -0.05) is 0 Å². The van der Waals surface area contributed by atoms with E-state index in [0.717, 1.165) is 0 Å². The van der Waals surface area contributed by atoms with Crippen molar-refractivity contribution in [3.8, 4) is 0 Å². The first-order valence-electron chi connectivity index (χ1n) is 2.45. The van der Waals surface area contributed by atoms with Crippen molar-refractivity contribution in [2.24, 2.45) is 5.73 Å². The van der Waals surface area contributed by atoms with Crippen LogP contribution in [0.3, 0.4) is 0 Å². The topological polar surface area (TPSA) is 38.0 Å². The molecule has 0 heterocycles. The van der Waals surface area contributed by atoms with Gasteiger partial charge in [0.15, 0.2) is 0 Å². The highest BCUT2D eigenvalue weighted by Crippen LogP contribution is 2.17. The summed E-state index contributed by atoms with van der Waals surface area (Å²) in [6, 6.07) is -1.75. The minimum Gasteiger partial charge on any atom is -0.319 e. The second kappa shape index (κ2) is 6.97. The van der Waals surface area contributed by atoms with Gasteiger partial charge in [-0.05, 0) is 7.05 Å². The van der Waals surface area contributed by atoms with Gasteiger partial charge in [0.05, 0.1) is 0 Å². The molecule has 0 rings (SSSR count). The molecule has 2 nitrogen and oxygen atoms in total. The number of likely N-dealkylation sites (N-methyl/N-ethyl adjacent to an activating group) is 1. The van der Waals surface area contributed by atoms with Crippen molar-refractivity contribution >= 4 is 24.8 Å². The zero-order chi connectivity index (χ0) is 7.49. The molecule has 0 aromatic rings. The highest BCUT2D eigenvalue weighted by atomic mass is 35.5. The number of nitrogens with one attached hydrogen (secondary N) is 1. The molecule has 0 amide bonds. The summed E-state index contributed by atoms with van der Waals surface area (Å²) in [7, 11) is 1.42. The first-order valence-corrected chi connectivity index (χ1v) is 2.45. The summed E-state index contributed by atoms with van der Waals surface area (Å²) in [6.07, 6.45) is -4.27. The Labute approximate surface area is 75.5 Å². The third kappa shape index (κ3) is 8.19. The fraction of sp³-hybridized carbons (Fsp3) is 1.00. The summed E-state index contributed by atoms with van der Waals surface area (Å²) in [5, 5.41) is 2.33. The Morgan fingerprint density at radius 2 is 1.73 bits per heavy atom. The third-order valence-corrected chi connectivity index (χ3v) is 0.844. The fourth-order valence-electron chi connectivity index (χ4n) is 0.336. The lowest BCUT2D eigenvalue weighted by Crippen LogP contribution is -2.44. The molecule has 7 heteroatoms. The van der Waals surface area contributed by atoms with Gasteiger partial charge < -0.3 is 11.1 Å². The first-order chi connectivity index (χ1) is 3.98. The van der Waals surface area contributed by atoms with Crippen LogP contribution in [-0.2, 0) is 0 Å². The van der Waals surface area contributed by atoms with Gasteiger partial charge in [-0.15, -0.1) is 24.8 Å². The maximum atomic E-state index is 11.5. The van der Waals surface area contributed by atoms with Crippen LogP contribution in [0.15, 0.2) is 0 Å². The van der Waals surface area contributed by atoms with E-state index in [1.165, 1.54) is 7.05 Å². The van der Waals surface area contributed by atoms with E-state index >= 15 is 0 Å². The van der Waals surface area contributed by atoms with E-state index in [4.69, 9.17) is 0 Å². The van der Waals surface area contributed by atoms with E-state index in [1.54, 1.807) is 0 Å². The summed E-state index contributed by atoms with van der Waals surface area (Å²) >= 11 is 0. The summed E-state index contributed by atoms with van der Waals surface area (Å²) in [5.41, 5.74) is 4.67. The summed E-state index contributed by atoms with van der Waals surface area (Å²) in [6.45, 7) is -0.233. The molecule has 0 aliphatic carbocycles. The zero-order valence-corrected chi connectivity index (χ0v) is 7.45. The van der Waals surface area contributed by atoms with Crippen molar-refractivity contribution in [3.63, 3.8) is 0 Å². The van der Waals surface area contributed by atoms with Crippen molar-refractivity contribution in [3.05, 3.63) is 0 Å². The van der Waals surface area contributed by atoms with Crippen molar-refractivity contribution in [2.45, 2.75) is 12.2 Å². The molecule has 0 fully saturated rings. The van der Waals surface area contributed by atoms with Crippen molar-refractivity contribution in [1.29, 1.82) is 0 Å². The standard InChI is InChI=1S/C4H9F3N2.2ClH/c1-9-2-3(8)4(5,6)7;;/h3,9H,2,8H2,1H3;2*1H. The molecule has 0 aliphatic heterocycles. The van der Waals surface area contributed by atoms with Crippen LogP contribution in [0.5, 0.6) is 0 Å². The Morgan fingerprint density at radius 3 is 1.82 bits per heavy atom. The van der Waals surface area contributed by atoms with Crippen LogP contribution in [0.4, 0.5) is 13.2 Å². The summed E-state index contributed by atoms with van der Waals surface area (Å²) in [5.74, 6) is 0. The molecule has 0 bridgehead atoms. The van der Waals surface area contributed by atoms with Gasteiger partial charge in [0.25, 0.3) is 0 Å². The summed E-state index contributed by atoms with van der Waals surface area (Å²) in [4.78, 5) is 0. The molecule has 1 atom stereocenters. The quantitative estimate of drug-likeness (QED) is 0.719. The second-order valence-electron chi connectivity index (χ2n) is 1.71. The zero-order valence-electron chi connectivity index (χ0n) is 5.81.